The summed E-state index contributed by atoms with van der Waals surface area (Å²) in [6.45, 7) is 3.22. The van der Waals surface area contributed by atoms with Gasteiger partial charge in [0.25, 0.3) is 5.91 Å². The van der Waals surface area contributed by atoms with Crippen molar-refractivity contribution in [2.24, 2.45) is 0 Å². The van der Waals surface area contributed by atoms with Gasteiger partial charge < -0.3 is 10.1 Å². The fourth-order valence-corrected chi connectivity index (χ4v) is 4.17. The van der Waals surface area contributed by atoms with E-state index in [0.717, 1.165) is 23.0 Å². The molecule has 156 valence electrons. The quantitative estimate of drug-likeness (QED) is 0.725. The fraction of sp³-hybridized carbons (Fsp3) is 0.400. The molecule has 29 heavy (non-hydrogen) atoms. The average molecular weight is 419 g/mol. The van der Waals surface area contributed by atoms with Crippen molar-refractivity contribution >= 4 is 15.9 Å². The number of carbonyl (C=O) groups excluding carboxylic acids is 1. The minimum atomic E-state index is -3.60. The Hall–Kier alpha value is -2.33. The minimum Gasteiger partial charge on any atom is -0.379 e. The molecular formula is C20H26N4O4S. The number of hydrogen-bond donors (Lipinski definition) is 1. The van der Waals surface area contributed by atoms with Crippen LogP contribution < -0.4 is 5.32 Å². The highest BCUT2D eigenvalue weighted by atomic mass is 32.2. The number of pyridine rings is 1. The maximum Gasteiger partial charge on any atom is 0.251 e. The van der Waals surface area contributed by atoms with E-state index in [4.69, 9.17) is 4.74 Å². The topological polar surface area (TPSA) is 91.8 Å². The van der Waals surface area contributed by atoms with E-state index in [1.165, 1.54) is 26.2 Å². The number of morpholine rings is 1. The van der Waals surface area contributed by atoms with Gasteiger partial charge in [-0.15, -0.1) is 0 Å². The highest BCUT2D eigenvalue weighted by Gasteiger charge is 2.24. The Bertz CT molecular complexity index is 929. The van der Waals surface area contributed by atoms with Crippen LogP contribution in [-0.2, 0) is 14.8 Å². The van der Waals surface area contributed by atoms with E-state index in [-0.39, 0.29) is 16.8 Å². The molecule has 1 unspecified atom stereocenters. The second-order valence-corrected chi connectivity index (χ2v) is 9.13. The zero-order valence-electron chi connectivity index (χ0n) is 16.6. The average Bonchev–Trinajstić information content (AvgIpc) is 2.75. The number of carbonyl (C=O) groups is 1. The molecule has 2 heterocycles. The number of amides is 1. The minimum absolute atomic E-state index is 0.0368. The van der Waals surface area contributed by atoms with E-state index in [0.29, 0.717) is 25.3 Å². The fourth-order valence-electron chi connectivity index (χ4n) is 3.22. The predicted octanol–water partition coefficient (Wildman–Crippen LogP) is 1.14. The van der Waals surface area contributed by atoms with Gasteiger partial charge in [-0.05, 0) is 29.8 Å². The van der Waals surface area contributed by atoms with Crippen LogP contribution in [0, 0.1) is 0 Å². The van der Waals surface area contributed by atoms with E-state index in [1.54, 1.807) is 24.5 Å². The van der Waals surface area contributed by atoms with Gasteiger partial charge >= 0.3 is 0 Å². The van der Waals surface area contributed by atoms with E-state index in [9.17, 15) is 13.2 Å². The van der Waals surface area contributed by atoms with Gasteiger partial charge in [0.2, 0.25) is 10.0 Å². The van der Waals surface area contributed by atoms with Crippen LogP contribution in [0.3, 0.4) is 0 Å². The smallest absolute Gasteiger partial charge is 0.251 e. The number of benzene rings is 1. The summed E-state index contributed by atoms with van der Waals surface area (Å²) in [4.78, 5) is 19.3. The second-order valence-electron chi connectivity index (χ2n) is 6.98. The number of hydrogen-bond acceptors (Lipinski definition) is 6. The first kappa shape index (κ1) is 21.4. The van der Waals surface area contributed by atoms with Crippen LogP contribution in [0.2, 0.25) is 0 Å². The number of rotatable bonds is 7. The first-order valence-corrected chi connectivity index (χ1v) is 10.9. The number of nitrogens with zero attached hydrogens (tertiary/aromatic N) is 3. The molecule has 0 aliphatic carbocycles. The lowest BCUT2D eigenvalue weighted by atomic mass is 10.1. The van der Waals surface area contributed by atoms with Gasteiger partial charge in [0.15, 0.2) is 0 Å². The molecule has 9 heteroatoms. The Balaban J connectivity index is 1.75. The van der Waals surface area contributed by atoms with Gasteiger partial charge in [0, 0.05) is 51.7 Å². The van der Waals surface area contributed by atoms with Crippen LogP contribution in [0.1, 0.15) is 22.0 Å². The molecule has 2 aromatic rings. The first-order valence-electron chi connectivity index (χ1n) is 9.42. The summed E-state index contributed by atoms with van der Waals surface area (Å²) in [6, 6.07) is 9.90. The van der Waals surface area contributed by atoms with Crippen molar-refractivity contribution in [3.63, 3.8) is 0 Å². The molecular weight excluding hydrogens is 392 g/mol. The number of nitrogens with one attached hydrogen (secondary N) is 1. The largest absolute Gasteiger partial charge is 0.379 e. The van der Waals surface area contributed by atoms with Gasteiger partial charge in [0.1, 0.15) is 0 Å². The van der Waals surface area contributed by atoms with Gasteiger partial charge in [-0.3, -0.25) is 14.7 Å². The monoisotopic (exact) mass is 418 g/mol. The van der Waals surface area contributed by atoms with E-state index >= 15 is 0 Å². The summed E-state index contributed by atoms with van der Waals surface area (Å²) in [5.41, 5.74) is 1.32. The summed E-state index contributed by atoms with van der Waals surface area (Å²) >= 11 is 0. The van der Waals surface area contributed by atoms with E-state index in [2.05, 4.69) is 15.2 Å². The Labute approximate surface area is 171 Å². The summed E-state index contributed by atoms with van der Waals surface area (Å²) < 4.78 is 31.2. The van der Waals surface area contributed by atoms with Crippen LogP contribution in [0.4, 0.5) is 0 Å². The van der Waals surface area contributed by atoms with Crippen molar-refractivity contribution in [2.45, 2.75) is 10.9 Å². The molecule has 1 amide bonds. The van der Waals surface area contributed by atoms with Crippen molar-refractivity contribution in [3.8, 4) is 0 Å². The molecule has 1 aromatic carbocycles. The molecule has 1 aromatic heterocycles. The predicted molar refractivity (Wildman–Crippen MR) is 109 cm³/mol. The Morgan fingerprint density at radius 2 is 2.00 bits per heavy atom. The lowest BCUT2D eigenvalue weighted by Crippen LogP contribution is -2.43. The lowest BCUT2D eigenvalue weighted by molar-refractivity contribution is 0.0161. The third kappa shape index (κ3) is 5.18. The van der Waals surface area contributed by atoms with Crippen LogP contribution in [-0.4, -0.2) is 75.5 Å². The third-order valence-corrected chi connectivity index (χ3v) is 6.70. The number of ether oxygens (including phenoxy) is 1. The number of sulfonamides is 1. The van der Waals surface area contributed by atoms with Gasteiger partial charge in [-0.2, -0.15) is 0 Å². The highest BCUT2D eigenvalue weighted by Crippen LogP contribution is 2.21. The maximum absolute atomic E-state index is 12.7. The molecule has 0 saturated carbocycles. The van der Waals surface area contributed by atoms with Crippen LogP contribution in [0.15, 0.2) is 53.7 Å². The highest BCUT2D eigenvalue weighted by molar-refractivity contribution is 7.89. The maximum atomic E-state index is 12.7. The third-order valence-electron chi connectivity index (χ3n) is 4.89. The molecule has 1 saturated heterocycles. The first-order chi connectivity index (χ1) is 13.9. The summed E-state index contributed by atoms with van der Waals surface area (Å²) in [5, 5.41) is 2.95. The van der Waals surface area contributed by atoms with E-state index in [1.807, 2.05) is 12.1 Å². The van der Waals surface area contributed by atoms with E-state index < -0.39 is 10.0 Å². The molecule has 0 radical (unpaired) electrons. The molecule has 1 aliphatic heterocycles. The van der Waals surface area contributed by atoms with Crippen LogP contribution in [0.25, 0.3) is 0 Å². The molecule has 1 atom stereocenters. The van der Waals surface area contributed by atoms with Crippen LogP contribution in [0.5, 0.6) is 0 Å². The standard InChI is InChI=1S/C20H26N4O4S/c1-23(2)29(26,27)18-7-3-5-16(13-18)20(25)22-15-19(17-6-4-8-21-14-17)24-9-11-28-12-10-24/h3-8,13-14,19H,9-12,15H2,1-2H3,(H,22,25). The Morgan fingerprint density at radius 3 is 2.66 bits per heavy atom. The van der Waals surface area contributed by atoms with Crippen molar-refractivity contribution in [3.05, 3.63) is 59.9 Å². The Kier molecular flexibility index (Phi) is 6.96. The second kappa shape index (κ2) is 9.45. The lowest BCUT2D eigenvalue weighted by Gasteiger charge is -2.34. The zero-order chi connectivity index (χ0) is 20.9. The molecule has 0 bridgehead atoms. The summed E-state index contributed by atoms with van der Waals surface area (Å²) in [5.74, 6) is -0.317. The zero-order valence-corrected chi connectivity index (χ0v) is 17.4. The van der Waals surface area contributed by atoms with Crippen molar-refractivity contribution < 1.29 is 17.9 Å². The summed E-state index contributed by atoms with van der Waals surface area (Å²) in [7, 11) is -0.679. The van der Waals surface area contributed by atoms with Crippen LogP contribution >= 0.6 is 0 Å². The number of aromatic nitrogens is 1. The van der Waals surface area contributed by atoms with Gasteiger partial charge in [-0.1, -0.05) is 12.1 Å². The molecule has 1 N–H and O–H groups in total. The SMILES string of the molecule is CN(C)S(=O)(=O)c1cccc(C(=O)NCC(c2cccnc2)N2CCOCC2)c1. The molecule has 1 fully saturated rings. The van der Waals surface area contributed by atoms with Crippen molar-refractivity contribution in [2.75, 3.05) is 46.9 Å². The van der Waals surface area contributed by atoms with Gasteiger partial charge in [-0.25, -0.2) is 12.7 Å². The van der Waals surface area contributed by atoms with Crippen molar-refractivity contribution in [1.29, 1.82) is 0 Å². The molecule has 3 rings (SSSR count). The molecule has 8 nitrogen and oxygen atoms in total. The van der Waals surface area contributed by atoms with Crippen molar-refractivity contribution in [1.82, 2.24) is 19.5 Å². The Morgan fingerprint density at radius 1 is 1.24 bits per heavy atom. The normalized spacial score (nSPS) is 16.5. The molecule has 1 aliphatic rings. The van der Waals surface area contributed by atoms with Gasteiger partial charge in [0.05, 0.1) is 24.2 Å². The molecule has 0 spiro atoms. The summed E-state index contributed by atoms with van der Waals surface area (Å²) in [6.07, 6.45) is 3.52.